The Labute approximate surface area is 114 Å². The van der Waals surface area contributed by atoms with E-state index in [1.54, 1.807) is 11.9 Å². The molecule has 4 heteroatoms. The van der Waals surface area contributed by atoms with E-state index in [-0.39, 0.29) is 5.91 Å². The molecule has 0 unspecified atom stereocenters. The molecule has 0 saturated heterocycles. The first kappa shape index (κ1) is 13.6. The van der Waals surface area contributed by atoms with Gasteiger partial charge in [-0.05, 0) is 17.5 Å². The minimum absolute atomic E-state index is 0.0923. The smallest absolute Gasteiger partial charge is 0.236 e. The Bertz CT molecular complexity index is 492. The summed E-state index contributed by atoms with van der Waals surface area (Å²) < 4.78 is 0. The van der Waals surface area contributed by atoms with Gasteiger partial charge in [0.2, 0.25) is 5.91 Å². The van der Waals surface area contributed by atoms with Crippen LogP contribution >= 0.6 is 0 Å². The second-order valence-corrected chi connectivity index (χ2v) is 4.95. The zero-order chi connectivity index (χ0) is 13.7. The highest BCUT2D eigenvalue weighted by molar-refractivity contribution is 5.78. The fraction of sp³-hybridized carbons (Fsp3) is 0.467. The van der Waals surface area contributed by atoms with Crippen molar-refractivity contribution in [2.75, 3.05) is 26.7 Å². The maximum Gasteiger partial charge on any atom is 0.236 e. The summed E-state index contributed by atoms with van der Waals surface area (Å²) in [6.07, 6.45) is 1.40. The number of hydrogen-bond donors (Lipinski definition) is 0. The van der Waals surface area contributed by atoms with Crippen LogP contribution in [0.15, 0.2) is 24.3 Å². The van der Waals surface area contributed by atoms with Crippen molar-refractivity contribution in [3.63, 3.8) is 0 Å². The lowest BCUT2D eigenvalue weighted by Crippen LogP contribution is -2.40. The molecule has 0 fully saturated rings. The van der Waals surface area contributed by atoms with E-state index in [2.05, 4.69) is 29.2 Å². The molecule has 1 aromatic carbocycles. The second kappa shape index (κ2) is 6.35. The van der Waals surface area contributed by atoms with E-state index in [9.17, 15) is 4.79 Å². The highest BCUT2D eigenvalue weighted by Gasteiger charge is 2.19. The molecular formula is C15H19N3O. The summed E-state index contributed by atoms with van der Waals surface area (Å²) >= 11 is 0. The zero-order valence-corrected chi connectivity index (χ0v) is 11.3. The summed E-state index contributed by atoms with van der Waals surface area (Å²) in [5.74, 6) is 0.0923. The van der Waals surface area contributed by atoms with Crippen LogP contribution in [-0.4, -0.2) is 42.4 Å². The van der Waals surface area contributed by atoms with Crippen LogP contribution in [-0.2, 0) is 17.8 Å². The average Bonchev–Trinajstić information content (AvgIpc) is 2.44. The van der Waals surface area contributed by atoms with Crippen molar-refractivity contribution in [3.05, 3.63) is 35.4 Å². The molecule has 1 amide bonds. The van der Waals surface area contributed by atoms with Gasteiger partial charge in [-0.25, -0.2) is 0 Å². The van der Waals surface area contributed by atoms with Crippen LogP contribution in [0.25, 0.3) is 0 Å². The summed E-state index contributed by atoms with van der Waals surface area (Å²) in [7, 11) is 1.76. The van der Waals surface area contributed by atoms with E-state index >= 15 is 0 Å². The molecule has 0 saturated carbocycles. The minimum Gasteiger partial charge on any atom is -0.344 e. The molecule has 4 nitrogen and oxygen atoms in total. The number of hydrogen-bond acceptors (Lipinski definition) is 3. The Balaban J connectivity index is 1.88. The van der Waals surface area contributed by atoms with E-state index in [4.69, 9.17) is 5.26 Å². The maximum absolute atomic E-state index is 12.0. The summed E-state index contributed by atoms with van der Waals surface area (Å²) in [6.45, 7) is 2.72. The molecule has 1 aliphatic heterocycles. The lowest BCUT2D eigenvalue weighted by atomic mass is 10.00. The van der Waals surface area contributed by atoms with Gasteiger partial charge < -0.3 is 4.90 Å². The fourth-order valence-electron chi connectivity index (χ4n) is 2.34. The molecule has 1 aliphatic rings. The number of benzene rings is 1. The topological polar surface area (TPSA) is 47.3 Å². The SMILES string of the molecule is CN(CCC#N)C(=O)CN1CCc2ccccc2C1. The fourth-order valence-corrected chi connectivity index (χ4v) is 2.34. The van der Waals surface area contributed by atoms with E-state index in [0.717, 1.165) is 19.5 Å². The lowest BCUT2D eigenvalue weighted by Gasteiger charge is -2.29. The van der Waals surface area contributed by atoms with E-state index in [1.165, 1.54) is 11.1 Å². The van der Waals surface area contributed by atoms with Gasteiger partial charge in [0.1, 0.15) is 0 Å². The molecule has 2 rings (SSSR count). The summed E-state index contributed by atoms with van der Waals surface area (Å²) in [4.78, 5) is 15.8. The lowest BCUT2D eigenvalue weighted by molar-refractivity contribution is -0.131. The zero-order valence-electron chi connectivity index (χ0n) is 11.3. The number of nitriles is 1. The maximum atomic E-state index is 12.0. The summed E-state index contributed by atoms with van der Waals surface area (Å²) in [5.41, 5.74) is 2.71. The number of amides is 1. The predicted molar refractivity (Wildman–Crippen MR) is 73.3 cm³/mol. The van der Waals surface area contributed by atoms with Crippen molar-refractivity contribution in [1.29, 1.82) is 5.26 Å². The van der Waals surface area contributed by atoms with Crippen molar-refractivity contribution in [2.45, 2.75) is 19.4 Å². The highest BCUT2D eigenvalue weighted by Crippen LogP contribution is 2.18. The second-order valence-electron chi connectivity index (χ2n) is 4.95. The van der Waals surface area contributed by atoms with Gasteiger partial charge in [0.15, 0.2) is 0 Å². The normalized spacial score (nSPS) is 14.5. The molecule has 0 atom stereocenters. The Morgan fingerprint density at radius 3 is 2.89 bits per heavy atom. The Kier molecular flexibility index (Phi) is 4.53. The van der Waals surface area contributed by atoms with Gasteiger partial charge in [0, 0.05) is 26.7 Å². The molecule has 0 aliphatic carbocycles. The first-order valence-corrected chi connectivity index (χ1v) is 6.61. The first-order chi connectivity index (χ1) is 9.20. The first-order valence-electron chi connectivity index (χ1n) is 6.61. The van der Waals surface area contributed by atoms with Crippen LogP contribution < -0.4 is 0 Å². The number of carbonyl (C=O) groups is 1. The van der Waals surface area contributed by atoms with E-state index in [1.807, 2.05) is 6.07 Å². The largest absolute Gasteiger partial charge is 0.344 e. The number of fused-ring (bicyclic) bond motifs is 1. The molecule has 0 spiro atoms. The number of rotatable bonds is 4. The third-order valence-corrected chi connectivity index (χ3v) is 3.55. The van der Waals surface area contributed by atoms with Gasteiger partial charge in [-0.2, -0.15) is 5.26 Å². The molecule has 0 radical (unpaired) electrons. The molecule has 1 aromatic rings. The standard InChI is InChI=1S/C15H19N3O/c1-17(9-4-8-16)15(19)12-18-10-7-13-5-2-3-6-14(13)11-18/h2-3,5-6H,4,7,9-12H2,1H3. The highest BCUT2D eigenvalue weighted by atomic mass is 16.2. The van der Waals surface area contributed by atoms with Crippen LogP contribution in [0.2, 0.25) is 0 Å². The van der Waals surface area contributed by atoms with E-state index < -0.39 is 0 Å². The third-order valence-electron chi connectivity index (χ3n) is 3.55. The molecule has 0 N–H and O–H groups in total. The van der Waals surface area contributed by atoms with Crippen molar-refractivity contribution < 1.29 is 4.79 Å². The van der Waals surface area contributed by atoms with Crippen LogP contribution in [0.1, 0.15) is 17.5 Å². The van der Waals surface area contributed by atoms with Gasteiger partial charge in [0.05, 0.1) is 19.0 Å². The number of likely N-dealkylation sites (N-methyl/N-ethyl adjacent to an activating group) is 1. The Hall–Kier alpha value is -1.86. The molecule has 100 valence electrons. The Morgan fingerprint density at radius 2 is 2.16 bits per heavy atom. The van der Waals surface area contributed by atoms with Gasteiger partial charge in [-0.1, -0.05) is 24.3 Å². The Morgan fingerprint density at radius 1 is 1.42 bits per heavy atom. The van der Waals surface area contributed by atoms with Gasteiger partial charge >= 0.3 is 0 Å². The predicted octanol–water partition coefficient (Wildman–Crippen LogP) is 1.42. The molecule has 1 heterocycles. The minimum atomic E-state index is 0.0923. The van der Waals surface area contributed by atoms with Crippen molar-refractivity contribution in [2.24, 2.45) is 0 Å². The molecule has 0 bridgehead atoms. The van der Waals surface area contributed by atoms with Crippen molar-refractivity contribution in [3.8, 4) is 6.07 Å². The number of nitrogens with zero attached hydrogens (tertiary/aromatic N) is 3. The third kappa shape index (κ3) is 3.55. The summed E-state index contributed by atoms with van der Waals surface area (Å²) in [6, 6.07) is 10.5. The van der Waals surface area contributed by atoms with Gasteiger partial charge in [0.25, 0.3) is 0 Å². The van der Waals surface area contributed by atoms with Crippen LogP contribution in [0, 0.1) is 11.3 Å². The van der Waals surface area contributed by atoms with Crippen LogP contribution in [0.5, 0.6) is 0 Å². The van der Waals surface area contributed by atoms with Gasteiger partial charge in [-0.3, -0.25) is 9.69 Å². The number of carbonyl (C=O) groups excluding carboxylic acids is 1. The summed E-state index contributed by atoms with van der Waals surface area (Å²) in [5, 5.41) is 8.53. The molecule has 0 aromatic heterocycles. The quantitative estimate of drug-likeness (QED) is 0.819. The molecule has 19 heavy (non-hydrogen) atoms. The van der Waals surface area contributed by atoms with Gasteiger partial charge in [-0.15, -0.1) is 0 Å². The van der Waals surface area contributed by atoms with Crippen LogP contribution in [0.4, 0.5) is 0 Å². The average molecular weight is 257 g/mol. The van der Waals surface area contributed by atoms with Crippen molar-refractivity contribution >= 4 is 5.91 Å². The monoisotopic (exact) mass is 257 g/mol. The van der Waals surface area contributed by atoms with E-state index in [0.29, 0.717) is 19.5 Å². The van der Waals surface area contributed by atoms with Crippen LogP contribution in [0.3, 0.4) is 0 Å². The van der Waals surface area contributed by atoms with Crippen molar-refractivity contribution in [1.82, 2.24) is 9.80 Å². The molecular weight excluding hydrogens is 238 g/mol.